The fourth-order valence-electron chi connectivity index (χ4n) is 0.487. The number of nitrogens with zero attached hydrogens (tertiary/aromatic N) is 3. The van der Waals surface area contributed by atoms with Gasteiger partial charge in [0.1, 0.15) is 0 Å². The highest BCUT2D eigenvalue weighted by Gasteiger charge is 2.02. The highest BCUT2D eigenvalue weighted by molar-refractivity contribution is 6.13. The Kier molecular flexibility index (Phi) is 1.38. The third-order valence-corrected chi connectivity index (χ3v) is 1.04. The van der Waals surface area contributed by atoms with Crippen LogP contribution in [0.4, 0.5) is 0 Å². The molecule has 5 nitrogen and oxygen atoms in total. The molecule has 1 aromatic rings. The molecule has 0 unspecified atom stereocenters. The Morgan fingerprint density at radius 3 is 1.30 bits per heavy atom. The molecule has 0 N–H and O–H groups in total. The van der Waals surface area contributed by atoms with E-state index < -0.39 is 11.4 Å². The Balaban J connectivity index is 3.77. The van der Waals surface area contributed by atoms with Crippen molar-refractivity contribution < 1.29 is 0 Å². The number of rotatable bonds is 0. The van der Waals surface area contributed by atoms with Gasteiger partial charge < -0.3 is 13.7 Å². The van der Waals surface area contributed by atoms with E-state index in [2.05, 4.69) is 0 Å². The summed E-state index contributed by atoms with van der Waals surface area (Å²) in [4.78, 5) is 21.2. The van der Waals surface area contributed by atoms with Gasteiger partial charge in [0, 0.05) is 0 Å². The van der Waals surface area contributed by atoms with Crippen molar-refractivity contribution in [3.63, 3.8) is 0 Å². The van der Waals surface area contributed by atoms with Crippen LogP contribution < -0.4 is 11.4 Å². The molecule has 1 rings (SSSR count). The average molecular weight is 130 g/mol. The normalized spacial score (nSPS) is 10.0. The Morgan fingerprint density at radius 1 is 0.900 bits per heavy atom. The fraction of sp³-hybridized carbons (Fsp3) is 0. The van der Waals surface area contributed by atoms with E-state index in [9.17, 15) is 9.59 Å². The zero-order valence-electron chi connectivity index (χ0n) is 4.89. The second kappa shape index (κ2) is 1.97. The van der Waals surface area contributed by atoms with Gasteiger partial charge in [-0.1, -0.05) is 0 Å². The maximum Gasteiger partial charge on any atom is 0.318 e. The van der Waals surface area contributed by atoms with Crippen LogP contribution in [0.25, 0.3) is 0 Å². The van der Waals surface area contributed by atoms with Crippen LogP contribution in [-0.2, 0) is 0 Å². The van der Waals surface area contributed by atoms with Crippen molar-refractivity contribution in [3.05, 3.63) is 21.0 Å². The first-order chi connectivity index (χ1) is 4.55. The molecule has 44 valence electrons. The van der Waals surface area contributed by atoms with E-state index in [-0.39, 0.29) is 0 Å². The molecular weight excluding hydrogens is 130 g/mol. The number of hydrogen-bond donors (Lipinski definition) is 0. The summed E-state index contributed by atoms with van der Waals surface area (Å²) >= 11 is 0. The van der Waals surface area contributed by atoms with Crippen molar-refractivity contribution in [2.75, 3.05) is 0 Å². The summed E-state index contributed by atoms with van der Waals surface area (Å²) in [6, 6.07) is 0. The van der Waals surface area contributed by atoms with Gasteiger partial charge >= 0.3 is 11.4 Å². The maximum absolute atomic E-state index is 10.6. The first-order valence-corrected chi connectivity index (χ1v) is 2.28. The lowest BCUT2D eigenvalue weighted by molar-refractivity contribution is 0.858. The van der Waals surface area contributed by atoms with Gasteiger partial charge in [0.05, 0.1) is 0 Å². The molecule has 0 saturated heterocycles. The van der Waals surface area contributed by atoms with E-state index in [4.69, 9.17) is 23.9 Å². The zero-order valence-corrected chi connectivity index (χ0v) is 4.89. The average Bonchev–Trinajstić information content (AvgIpc) is 2.07. The summed E-state index contributed by atoms with van der Waals surface area (Å²) in [6.45, 7) is 0. The second-order valence-corrected chi connectivity index (χ2v) is 1.62. The number of aromatic nitrogens is 3. The van der Waals surface area contributed by atoms with Crippen molar-refractivity contribution in [3.8, 4) is 0 Å². The minimum Gasteiger partial charge on any atom is -0.307 e. The van der Waals surface area contributed by atoms with E-state index in [1.807, 2.05) is 0 Å². The van der Waals surface area contributed by atoms with E-state index in [1.165, 1.54) is 0 Å². The van der Waals surface area contributed by atoms with Crippen LogP contribution in [-0.4, -0.2) is 37.6 Å². The van der Waals surface area contributed by atoms with Gasteiger partial charge in [0.2, 0.25) is 7.98 Å². The molecule has 0 bridgehead atoms. The van der Waals surface area contributed by atoms with Gasteiger partial charge in [-0.25, -0.2) is 9.59 Å². The van der Waals surface area contributed by atoms with Crippen LogP contribution in [0.15, 0.2) is 9.59 Å². The van der Waals surface area contributed by atoms with Crippen LogP contribution in [0.3, 0.4) is 0 Å². The molecule has 8 heteroatoms. The predicted octanol–water partition coefficient (Wildman–Crippen LogP) is -3.39. The lowest BCUT2D eigenvalue weighted by Gasteiger charge is -1.92. The molecule has 0 aliphatic heterocycles. The lowest BCUT2D eigenvalue weighted by Crippen LogP contribution is -2.27. The van der Waals surface area contributed by atoms with E-state index in [0.717, 1.165) is 0 Å². The minimum absolute atomic E-state index is 0.306. The summed E-state index contributed by atoms with van der Waals surface area (Å²) in [5.74, 6) is 0. The molecule has 10 heavy (non-hydrogen) atoms. The van der Waals surface area contributed by atoms with Crippen molar-refractivity contribution in [2.24, 2.45) is 0 Å². The standard InChI is InChI=1S/C2B3N3O2/c3-6-1(9)7(4)8(5)2(6)10. The molecule has 6 radical (unpaired) electrons. The first kappa shape index (κ1) is 7.05. The fourth-order valence-corrected chi connectivity index (χ4v) is 0.487. The number of hydrogen-bond acceptors (Lipinski definition) is 2. The predicted molar refractivity (Wildman–Crippen MR) is 36.4 cm³/mol. The summed E-state index contributed by atoms with van der Waals surface area (Å²) in [6.07, 6.45) is 0. The Hall–Kier alpha value is -1.07. The van der Waals surface area contributed by atoms with Gasteiger partial charge in [0.25, 0.3) is 16.0 Å². The van der Waals surface area contributed by atoms with Crippen LogP contribution in [0.1, 0.15) is 0 Å². The molecule has 1 aromatic heterocycles. The van der Waals surface area contributed by atoms with E-state index in [1.54, 1.807) is 0 Å². The van der Waals surface area contributed by atoms with Crippen molar-refractivity contribution in [1.82, 2.24) is 13.7 Å². The lowest BCUT2D eigenvalue weighted by atomic mass is 10.4. The highest BCUT2D eigenvalue weighted by atomic mass is 16.2. The minimum atomic E-state index is -0.868. The molecule has 0 aromatic carbocycles. The van der Waals surface area contributed by atoms with Gasteiger partial charge in [-0.05, 0) is 0 Å². The van der Waals surface area contributed by atoms with Gasteiger partial charge in [-0.15, -0.1) is 0 Å². The molecule has 0 atom stereocenters. The highest BCUT2D eigenvalue weighted by Crippen LogP contribution is 1.60. The largest absolute Gasteiger partial charge is 0.318 e. The third kappa shape index (κ3) is 0.681. The molecule has 0 saturated carbocycles. The van der Waals surface area contributed by atoms with Crippen molar-refractivity contribution >= 4 is 23.9 Å². The molecule has 0 spiro atoms. The Morgan fingerprint density at radius 2 is 1.20 bits per heavy atom. The molecule has 0 aliphatic rings. The van der Waals surface area contributed by atoms with Crippen molar-refractivity contribution in [2.45, 2.75) is 0 Å². The van der Waals surface area contributed by atoms with Gasteiger partial charge in [-0.2, -0.15) is 0 Å². The summed E-state index contributed by atoms with van der Waals surface area (Å²) in [5.41, 5.74) is -1.74. The Bertz CT molecular complexity index is 325. The smallest absolute Gasteiger partial charge is 0.307 e. The second-order valence-electron chi connectivity index (χ2n) is 1.62. The summed E-state index contributed by atoms with van der Waals surface area (Å²) < 4.78 is 1.12. The topological polar surface area (TPSA) is 48.9 Å². The monoisotopic (exact) mass is 131 g/mol. The molecule has 1 heterocycles. The van der Waals surface area contributed by atoms with Crippen LogP contribution in [0, 0.1) is 0 Å². The SMILES string of the molecule is [B]n1c(=O)n([B])n([B])c1=O. The van der Waals surface area contributed by atoms with E-state index in [0.29, 0.717) is 13.7 Å². The Labute approximate surface area is 59.5 Å². The van der Waals surface area contributed by atoms with E-state index >= 15 is 0 Å². The molecule has 0 aliphatic carbocycles. The van der Waals surface area contributed by atoms with Gasteiger partial charge in [0.15, 0.2) is 0 Å². The molecule has 0 fully saturated rings. The zero-order chi connectivity index (χ0) is 7.89. The first-order valence-electron chi connectivity index (χ1n) is 2.28. The quantitative estimate of drug-likeness (QED) is 0.344. The van der Waals surface area contributed by atoms with Crippen LogP contribution >= 0.6 is 0 Å². The van der Waals surface area contributed by atoms with Gasteiger partial charge in [-0.3, -0.25) is 0 Å². The van der Waals surface area contributed by atoms with Crippen LogP contribution in [0.5, 0.6) is 0 Å². The molecular formula is C2B3N3O2. The third-order valence-electron chi connectivity index (χ3n) is 1.04. The maximum atomic E-state index is 10.6. The summed E-state index contributed by atoms with van der Waals surface area (Å²) in [5, 5.41) is 0. The summed E-state index contributed by atoms with van der Waals surface area (Å²) in [7, 11) is 14.8. The molecule has 0 amide bonds. The van der Waals surface area contributed by atoms with Crippen molar-refractivity contribution in [1.29, 1.82) is 0 Å². The van der Waals surface area contributed by atoms with Crippen LogP contribution in [0.2, 0.25) is 0 Å².